The molecule has 0 aromatic heterocycles. The molecule has 8 nitrogen and oxygen atoms in total. The van der Waals surface area contributed by atoms with Crippen molar-refractivity contribution in [1.82, 2.24) is 0 Å². The third kappa shape index (κ3) is 4.69. The summed E-state index contributed by atoms with van der Waals surface area (Å²) in [5, 5.41) is 18.6. The summed E-state index contributed by atoms with van der Waals surface area (Å²) >= 11 is 1.14. The summed E-state index contributed by atoms with van der Waals surface area (Å²) in [6.45, 7) is 1.43. The standard InChI is InChI=1S/C21H18N2O6S/c1-12(19(25)26)29-14-9-7-13(8-10-14)11-17-18(24)22-21(30-17)23(2)16-6-4-3-5-15(16)20(27)28/h3-12H,1-2H3,(H,25,26)(H,27,28)/b17-11-. The van der Waals surface area contributed by atoms with Crippen molar-refractivity contribution in [2.75, 3.05) is 11.9 Å². The molecule has 3 rings (SSSR count). The van der Waals surface area contributed by atoms with Crippen LogP contribution >= 0.6 is 11.8 Å². The van der Waals surface area contributed by atoms with Gasteiger partial charge in [-0.25, -0.2) is 9.59 Å². The molecule has 0 saturated carbocycles. The van der Waals surface area contributed by atoms with Gasteiger partial charge in [0, 0.05) is 7.05 Å². The first-order valence-corrected chi connectivity index (χ1v) is 9.66. The van der Waals surface area contributed by atoms with Gasteiger partial charge in [-0.3, -0.25) is 4.79 Å². The van der Waals surface area contributed by atoms with Gasteiger partial charge in [0.1, 0.15) is 5.75 Å². The molecule has 9 heteroatoms. The highest BCUT2D eigenvalue weighted by Crippen LogP contribution is 2.33. The summed E-state index contributed by atoms with van der Waals surface area (Å²) in [4.78, 5) is 40.6. The van der Waals surface area contributed by atoms with Gasteiger partial charge in [-0.2, -0.15) is 4.99 Å². The fourth-order valence-electron chi connectivity index (χ4n) is 2.64. The molecule has 0 fully saturated rings. The molecule has 0 bridgehead atoms. The smallest absolute Gasteiger partial charge is 0.344 e. The van der Waals surface area contributed by atoms with E-state index >= 15 is 0 Å². The van der Waals surface area contributed by atoms with Crippen LogP contribution in [-0.4, -0.2) is 46.4 Å². The van der Waals surface area contributed by atoms with Crippen molar-refractivity contribution in [3.8, 4) is 5.75 Å². The number of benzene rings is 2. The maximum absolute atomic E-state index is 12.3. The number of hydrogen-bond acceptors (Lipinski definition) is 6. The maximum Gasteiger partial charge on any atom is 0.344 e. The Morgan fingerprint density at radius 1 is 1.13 bits per heavy atom. The minimum Gasteiger partial charge on any atom is -0.479 e. The number of anilines is 1. The Hall–Kier alpha value is -3.59. The molecule has 1 atom stereocenters. The molecule has 2 aromatic carbocycles. The number of amides is 1. The predicted molar refractivity (Wildman–Crippen MR) is 114 cm³/mol. The summed E-state index contributed by atoms with van der Waals surface area (Å²) in [6, 6.07) is 13.1. The lowest BCUT2D eigenvalue weighted by molar-refractivity contribution is -0.144. The molecule has 0 saturated heterocycles. The fourth-order valence-corrected chi connectivity index (χ4v) is 3.53. The summed E-state index contributed by atoms with van der Waals surface area (Å²) in [5.74, 6) is -2.15. The normalized spacial score (nSPS) is 15.6. The number of aliphatic carboxylic acids is 1. The molecule has 1 amide bonds. The molecule has 0 spiro atoms. The van der Waals surface area contributed by atoms with Crippen LogP contribution in [0.2, 0.25) is 0 Å². The van der Waals surface area contributed by atoms with Crippen LogP contribution in [0, 0.1) is 0 Å². The lowest BCUT2D eigenvalue weighted by Gasteiger charge is -2.19. The average molecular weight is 426 g/mol. The zero-order valence-corrected chi connectivity index (χ0v) is 16.9. The van der Waals surface area contributed by atoms with Gasteiger partial charge in [0.25, 0.3) is 5.91 Å². The zero-order chi connectivity index (χ0) is 21.8. The molecule has 1 heterocycles. The fraction of sp³-hybridized carbons (Fsp3) is 0.143. The topological polar surface area (TPSA) is 116 Å². The van der Waals surface area contributed by atoms with Gasteiger partial charge >= 0.3 is 11.9 Å². The summed E-state index contributed by atoms with van der Waals surface area (Å²) < 4.78 is 5.28. The number of rotatable bonds is 6. The Morgan fingerprint density at radius 2 is 1.80 bits per heavy atom. The minimum absolute atomic E-state index is 0.111. The van der Waals surface area contributed by atoms with Gasteiger partial charge in [-0.15, -0.1) is 0 Å². The van der Waals surface area contributed by atoms with E-state index in [1.165, 1.54) is 13.0 Å². The average Bonchev–Trinajstić information content (AvgIpc) is 3.09. The van der Waals surface area contributed by atoms with Gasteiger partial charge in [0.15, 0.2) is 11.3 Å². The molecule has 154 valence electrons. The first kappa shape index (κ1) is 21.1. The van der Waals surface area contributed by atoms with Gasteiger partial charge in [0.2, 0.25) is 0 Å². The third-order valence-electron chi connectivity index (χ3n) is 4.23. The maximum atomic E-state index is 12.3. The predicted octanol–water partition coefficient (Wildman–Crippen LogP) is 3.34. The van der Waals surface area contributed by atoms with Crippen molar-refractivity contribution >= 4 is 46.5 Å². The van der Waals surface area contributed by atoms with Crippen molar-refractivity contribution in [2.45, 2.75) is 13.0 Å². The zero-order valence-electron chi connectivity index (χ0n) is 16.1. The number of carboxylic acid groups (broad SMARTS) is 2. The number of hydrogen-bond donors (Lipinski definition) is 2. The van der Waals surface area contributed by atoms with E-state index in [0.717, 1.165) is 11.8 Å². The number of carbonyl (C=O) groups excluding carboxylic acids is 1. The van der Waals surface area contributed by atoms with Crippen LogP contribution in [0.5, 0.6) is 5.75 Å². The molecule has 30 heavy (non-hydrogen) atoms. The second-order valence-corrected chi connectivity index (χ2v) is 7.37. The van der Waals surface area contributed by atoms with Crippen LogP contribution in [0.1, 0.15) is 22.8 Å². The molecular formula is C21H18N2O6S. The Labute approximate surface area is 176 Å². The van der Waals surface area contributed by atoms with Gasteiger partial charge < -0.3 is 19.8 Å². The van der Waals surface area contributed by atoms with Crippen LogP contribution in [-0.2, 0) is 9.59 Å². The Bertz CT molecular complexity index is 1060. The highest BCUT2D eigenvalue weighted by atomic mass is 32.2. The van der Waals surface area contributed by atoms with E-state index in [4.69, 9.17) is 9.84 Å². The van der Waals surface area contributed by atoms with E-state index in [9.17, 15) is 19.5 Å². The van der Waals surface area contributed by atoms with Crippen molar-refractivity contribution in [1.29, 1.82) is 0 Å². The van der Waals surface area contributed by atoms with Gasteiger partial charge in [-0.1, -0.05) is 24.3 Å². The van der Waals surface area contributed by atoms with Crippen molar-refractivity contribution < 1.29 is 29.3 Å². The molecule has 0 aliphatic carbocycles. The second-order valence-electron chi connectivity index (χ2n) is 6.36. The highest BCUT2D eigenvalue weighted by Gasteiger charge is 2.27. The number of para-hydroxylation sites is 1. The van der Waals surface area contributed by atoms with Gasteiger partial charge in [-0.05, 0) is 54.6 Å². The molecule has 2 aromatic rings. The van der Waals surface area contributed by atoms with E-state index in [0.29, 0.717) is 27.1 Å². The lowest BCUT2D eigenvalue weighted by atomic mass is 10.1. The Kier molecular flexibility index (Phi) is 6.22. The van der Waals surface area contributed by atoms with Crippen molar-refractivity contribution in [3.05, 3.63) is 64.6 Å². The number of aromatic carboxylic acids is 1. The van der Waals surface area contributed by atoms with Crippen molar-refractivity contribution in [3.63, 3.8) is 0 Å². The number of thioether (sulfide) groups is 1. The van der Waals surface area contributed by atoms with E-state index in [2.05, 4.69) is 4.99 Å². The molecular weight excluding hydrogens is 408 g/mol. The molecule has 1 aliphatic heterocycles. The quantitative estimate of drug-likeness (QED) is 0.676. The number of aliphatic imine (C=N–C) groups is 1. The van der Waals surface area contributed by atoms with E-state index in [-0.39, 0.29) is 5.56 Å². The monoisotopic (exact) mass is 426 g/mol. The summed E-state index contributed by atoms with van der Waals surface area (Å²) in [5.41, 5.74) is 1.25. The molecule has 1 aliphatic rings. The second kappa shape index (κ2) is 8.83. The van der Waals surface area contributed by atoms with Crippen LogP contribution in [0.3, 0.4) is 0 Å². The number of carbonyl (C=O) groups is 3. The van der Waals surface area contributed by atoms with Crippen molar-refractivity contribution in [2.24, 2.45) is 4.99 Å². The first-order chi connectivity index (χ1) is 14.3. The van der Waals surface area contributed by atoms with Crippen LogP contribution in [0.25, 0.3) is 6.08 Å². The van der Waals surface area contributed by atoms with Crippen LogP contribution < -0.4 is 9.64 Å². The summed E-state index contributed by atoms with van der Waals surface area (Å²) in [6.07, 6.45) is 0.687. The molecule has 2 N–H and O–H groups in total. The minimum atomic E-state index is -1.07. The SMILES string of the molecule is CC(Oc1ccc(/C=C2\SC(N(C)c3ccccc3C(=O)O)=NC2=O)cc1)C(=O)O. The summed E-state index contributed by atoms with van der Waals surface area (Å²) in [7, 11) is 1.65. The van der Waals surface area contributed by atoms with Crippen LogP contribution in [0.15, 0.2) is 58.4 Å². The number of ether oxygens (including phenoxy) is 1. The first-order valence-electron chi connectivity index (χ1n) is 8.84. The van der Waals surface area contributed by atoms with E-state index < -0.39 is 23.9 Å². The Morgan fingerprint density at radius 3 is 2.43 bits per heavy atom. The van der Waals surface area contributed by atoms with Crippen LogP contribution in [0.4, 0.5) is 5.69 Å². The largest absolute Gasteiger partial charge is 0.479 e. The Balaban J connectivity index is 1.75. The van der Waals surface area contributed by atoms with E-state index in [1.807, 2.05) is 0 Å². The highest BCUT2D eigenvalue weighted by molar-refractivity contribution is 8.18. The van der Waals surface area contributed by atoms with E-state index in [1.54, 1.807) is 60.5 Å². The molecule has 1 unspecified atom stereocenters. The van der Waals surface area contributed by atoms with Gasteiger partial charge in [0.05, 0.1) is 16.2 Å². The third-order valence-corrected chi connectivity index (χ3v) is 5.29. The number of amidine groups is 1. The lowest BCUT2D eigenvalue weighted by Crippen LogP contribution is -2.24. The number of nitrogens with zero attached hydrogens (tertiary/aromatic N) is 2. The molecule has 0 radical (unpaired) electrons. The number of carboxylic acids is 2.